The molecule has 0 unspecified atom stereocenters. The van der Waals surface area contributed by atoms with Crippen molar-refractivity contribution in [1.82, 2.24) is 9.55 Å². The van der Waals surface area contributed by atoms with Crippen molar-refractivity contribution >= 4 is 28.5 Å². The maximum absolute atomic E-state index is 14.1. The van der Waals surface area contributed by atoms with Crippen LogP contribution in [0.3, 0.4) is 0 Å². The van der Waals surface area contributed by atoms with Crippen LogP contribution in [0.1, 0.15) is 80.2 Å². The Bertz CT molecular complexity index is 1680. The first-order valence-electron chi connectivity index (χ1n) is 14.2. The minimum absolute atomic E-state index is 0.107. The van der Waals surface area contributed by atoms with Crippen LogP contribution in [0.4, 0.5) is 11.6 Å². The third kappa shape index (κ3) is 3.66. The summed E-state index contributed by atoms with van der Waals surface area (Å²) in [5, 5.41) is 3.63. The molecule has 3 aliphatic rings. The molecule has 0 bridgehead atoms. The number of anilines is 2. The highest BCUT2D eigenvalue weighted by atomic mass is 16.1. The molecule has 1 N–H and O–H groups in total. The number of rotatable bonds is 2. The van der Waals surface area contributed by atoms with Gasteiger partial charge in [0.05, 0.1) is 17.1 Å². The summed E-state index contributed by atoms with van der Waals surface area (Å²) < 4.78 is 2.25. The van der Waals surface area contributed by atoms with E-state index < -0.39 is 0 Å². The Labute approximate surface area is 230 Å². The lowest BCUT2D eigenvalue weighted by molar-refractivity contribution is -0.116. The number of imidazole rings is 1. The zero-order valence-corrected chi connectivity index (χ0v) is 23.5. The molecule has 0 radical (unpaired) electrons. The average molecular weight is 517 g/mol. The summed E-state index contributed by atoms with van der Waals surface area (Å²) >= 11 is 0. The number of hydrogen-bond donors (Lipinski definition) is 1. The van der Waals surface area contributed by atoms with Crippen molar-refractivity contribution in [2.24, 2.45) is 0 Å². The van der Waals surface area contributed by atoms with Crippen LogP contribution in [0.25, 0.3) is 11.0 Å². The Kier molecular flexibility index (Phi) is 5.32. The number of benzene rings is 3. The van der Waals surface area contributed by atoms with Crippen LogP contribution in [0, 0.1) is 6.92 Å². The molecular formula is C34H36N4O. The van der Waals surface area contributed by atoms with Gasteiger partial charge in [0, 0.05) is 36.0 Å². The zero-order chi connectivity index (χ0) is 27.1. The van der Waals surface area contributed by atoms with E-state index in [1.807, 2.05) is 6.07 Å². The highest BCUT2D eigenvalue weighted by Crippen LogP contribution is 2.49. The van der Waals surface area contributed by atoms with Crippen LogP contribution in [0.5, 0.6) is 0 Å². The van der Waals surface area contributed by atoms with E-state index in [-0.39, 0.29) is 23.3 Å². The van der Waals surface area contributed by atoms with E-state index in [0.29, 0.717) is 12.3 Å². The second-order valence-corrected chi connectivity index (χ2v) is 12.4. The van der Waals surface area contributed by atoms with Crippen LogP contribution in [0.2, 0.25) is 0 Å². The molecule has 39 heavy (non-hydrogen) atoms. The van der Waals surface area contributed by atoms with Crippen molar-refractivity contribution in [1.29, 1.82) is 0 Å². The number of carbonyl (C=O) groups excluding carboxylic acids is 1. The summed E-state index contributed by atoms with van der Waals surface area (Å²) in [6, 6.07) is 23.4. The predicted octanol–water partition coefficient (Wildman–Crippen LogP) is 7.48. The van der Waals surface area contributed by atoms with Gasteiger partial charge in [-0.25, -0.2) is 4.98 Å². The van der Waals surface area contributed by atoms with Crippen LogP contribution in [-0.4, -0.2) is 27.9 Å². The van der Waals surface area contributed by atoms with Crippen molar-refractivity contribution in [3.63, 3.8) is 0 Å². The maximum Gasteiger partial charge on any atom is 0.209 e. The Morgan fingerprint density at radius 1 is 0.974 bits per heavy atom. The standard InChI is InChI=1S/C34H36N4O/c1-20-10-6-7-11-24(20)23-17-27-31(30(39)18-23)32(38-29-13-9-8-12-26(29)35-33(38)36-27)22-14-15-28-25(16-22)21(2)19-34(3,4)37(28)5/h6-16,21,23,32H,17-19H2,1-5H3,(H,35,36)/t21-,23+,32+/m1/s1. The van der Waals surface area contributed by atoms with Crippen LogP contribution in [-0.2, 0) is 4.79 Å². The van der Waals surface area contributed by atoms with Gasteiger partial charge in [-0.2, -0.15) is 0 Å². The zero-order valence-electron chi connectivity index (χ0n) is 23.5. The molecule has 1 aliphatic carbocycles. The van der Waals surface area contributed by atoms with Gasteiger partial charge in [-0.1, -0.05) is 55.5 Å². The predicted molar refractivity (Wildman–Crippen MR) is 159 cm³/mol. The quantitative estimate of drug-likeness (QED) is 0.300. The number of para-hydroxylation sites is 2. The van der Waals surface area contributed by atoms with E-state index >= 15 is 0 Å². The summed E-state index contributed by atoms with van der Waals surface area (Å²) in [4.78, 5) is 21.5. The number of carbonyl (C=O) groups is 1. The van der Waals surface area contributed by atoms with Gasteiger partial charge in [0.1, 0.15) is 0 Å². The van der Waals surface area contributed by atoms with Crippen molar-refractivity contribution in [3.05, 3.63) is 100 Å². The van der Waals surface area contributed by atoms with E-state index in [1.165, 1.54) is 22.4 Å². The van der Waals surface area contributed by atoms with Gasteiger partial charge in [-0.15, -0.1) is 0 Å². The van der Waals surface area contributed by atoms with E-state index in [1.54, 1.807) is 0 Å². The number of aryl methyl sites for hydroxylation is 1. The number of aromatic nitrogens is 2. The lowest BCUT2D eigenvalue weighted by Crippen LogP contribution is -2.45. The first kappa shape index (κ1) is 24.2. The SMILES string of the molecule is Cc1ccccc1[C@@H]1CC(=O)C2=C(C1)Nc1nc3ccccc3n1[C@H]2c1ccc2c(c1)[C@H](C)CC(C)(C)N2C. The van der Waals surface area contributed by atoms with Crippen LogP contribution >= 0.6 is 0 Å². The second-order valence-electron chi connectivity index (χ2n) is 12.4. The molecule has 0 fully saturated rings. The second kappa shape index (κ2) is 8.57. The molecule has 0 saturated heterocycles. The molecule has 3 aromatic carbocycles. The van der Waals surface area contributed by atoms with Crippen molar-refractivity contribution in [2.45, 2.75) is 70.4 Å². The number of nitrogens with zero attached hydrogens (tertiary/aromatic N) is 3. The van der Waals surface area contributed by atoms with Crippen molar-refractivity contribution < 1.29 is 4.79 Å². The fraction of sp³-hybridized carbons (Fsp3) is 0.353. The molecule has 0 spiro atoms. The fourth-order valence-corrected chi connectivity index (χ4v) is 7.37. The summed E-state index contributed by atoms with van der Waals surface area (Å²) in [7, 11) is 2.20. The molecule has 5 nitrogen and oxygen atoms in total. The van der Waals surface area contributed by atoms with Crippen molar-refractivity contribution in [2.75, 3.05) is 17.3 Å². The number of allylic oxidation sites excluding steroid dienone is 2. The Hall–Kier alpha value is -3.86. The molecule has 3 atom stereocenters. The lowest BCUT2D eigenvalue weighted by Gasteiger charge is -2.46. The van der Waals surface area contributed by atoms with Gasteiger partial charge in [0.25, 0.3) is 0 Å². The summed E-state index contributed by atoms with van der Waals surface area (Å²) in [6.45, 7) is 9.12. The third-order valence-electron chi connectivity index (χ3n) is 9.50. The van der Waals surface area contributed by atoms with Gasteiger partial charge in [-0.3, -0.25) is 9.36 Å². The molecule has 1 aromatic heterocycles. The molecule has 198 valence electrons. The minimum atomic E-state index is -0.202. The number of fused-ring (bicyclic) bond motifs is 4. The van der Waals surface area contributed by atoms with E-state index in [9.17, 15) is 4.79 Å². The van der Waals surface area contributed by atoms with Gasteiger partial charge >= 0.3 is 0 Å². The molecule has 0 amide bonds. The Morgan fingerprint density at radius 2 is 1.74 bits per heavy atom. The molecule has 7 rings (SSSR count). The largest absolute Gasteiger partial charge is 0.369 e. The lowest BCUT2D eigenvalue weighted by atomic mass is 9.75. The first-order valence-corrected chi connectivity index (χ1v) is 14.2. The van der Waals surface area contributed by atoms with Gasteiger partial charge in [-0.05, 0) is 85.9 Å². The number of Topliss-reactive ketones (excluding diaryl/α,β-unsaturated/α-hetero) is 1. The highest BCUT2D eigenvalue weighted by molar-refractivity contribution is 6.01. The summed E-state index contributed by atoms with van der Waals surface area (Å²) in [5.74, 6) is 1.66. The summed E-state index contributed by atoms with van der Waals surface area (Å²) in [5.41, 5.74) is 10.3. The van der Waals surface area contributed by atoms with E-state index in [2.05, 4.69) is 110 Å². The monoisotopic (exact) mass is 516 g/mol. The first-order chi connectivity index (χ1) is 18.7. The van der Waals surface area contributed by atoms with Gasteiger partial charge in [0.15, 0.2) is 5.78 Å². The smallest absolute Gasteiger partial charge is 0.209 e. The molecular weight excluding hydrogens is 480 g/mol. The fourth-order valence-electron chi connectivity index (χ4n) is 7.37. The highest BCUT2D eigenvalue weighted by Gasteiger charge is 2.41. The average Bonchev–Trinajstić information content (AvgIpc) is 3.28. The Morgan fingerprint density at radius 3 is 2.56 bits per heavy atom. The molecule has 2 aliphatic heterocycles. The minimum Gasteiger partial charge on any atom is -0.369 e. The number of hydrogen-bond acceptors (Lipinski definition) is 4. The van der Waals surface area contributed by atoms with E-state index in [4.69, 9.17) is 4.98 Å². The summed E-state index contributed by atoms with van der Waals surface area (Å²) in [6.07, 6.45) is 2.43. The molecule has 4 aromatic rings. The topological polar surface area (TPSA) is 50.2 Å². The van der Waals surface area contributed by atoms with Crippen LogP contribution < -0.4 is 10.2 Å². The van der Waals surface area contributed by atoms with Gasteiger partial charge in [0.2, 0.25) is 5.95 Å². The number of nitrogens with one attached hydrogen (secondary N) is 1. The Balaban J connectivity index is 1.41. The maximum atomic E-state index is 14.1. The van der Waals surface area contributed by atoms with E-state index in [0.717, 1.165) is 46.7 Å². The van der Waals surface area contributed by atoms with Crippen molar-refractivity contribution in [3.8, 4) is 0 Å². The normalized spacial score (nSPS) is 23.8. The molecule has 0 saturated carbocycles. The number of ketones is 1. The molecule has 3 heterocycles. The third-order valence-corrected chi connectivity index (χ3v) is 9.50. The van der Waals surface area contributed by atoms with Gasteiger partial charge < -0.3 is 10.2 Å². The van der Waals surface area contributed by atoms with Crippen LogP contribution in [0.15, 0.2) is 78.0 Å². The molecule has 5 heteroatoms.